The number of thiophene rings is 1. The van der Waals surface area contributed by atoms with Crippen molar-refractivity contribution in [2.24, 2.45) is 5.92 Å². The molecule has 0 aliphatic carbocycles. The molecule has 1 unspecified atom stereocenters. The summed E-state index contributed by atoms with van der Waals surface area (Å²) in [5, 5.41) is 0. The molecule has 0 bridgehead atoms. The van der Waals surface area contributed by atoms with E-state index in [4.69, 9.17) is 9.72 Å². The number of carbonyl (C=O) groups is 1. The number of carbonyl (C=O) groups excluding carboxylic acids is 1. The summed E-state index contributed by atoms with van der Waals surface area (Å²) in [6, 6.07) is 10.3. The van der Waals surface area contributed by atoms with E-state index in [-0.39, 0.29) is 12.1 Å². The van der Waals surface area contributed by atoms with Crippen LogP contribution in [0.15, 0.2) is 34.8 Å². The number of aromatic nitrogens is 2. The van der Waals surface area contributed by atoms with E-state index in [9.17, 15) is 4.79 Å². The van der Waals surface area contributed by atoms with E-state index in [2.05, 4.69) is 46.0 Å². The van der Waals surface area contributed by atoms with E-state index in [0.29, 0.717) is 12.5 Å². The first-order chi connectivity index (χ1) is 13.2. The molecule has 1 saturated heterocycles. The van der Waals surface area contributed by atoms with Crippen molar-refractivity contribution in [1.29, 1.82) is 0 Å². The lowest BCUT2D eigenvalue weighted by atomic mass is 10.1. The molecule has 28 heavy (non-hydrogen) atoms. The molecular formula is C21H24BrN3O2S. The van der Waals surface area contributed by atoms with E-state index in [1.807, 2.05) is 37.8 Å². The van der Waals surface area contributed by atoms with Gasteiger partial charge < -0.3 is 9.72 Å². The van der Waals surface area contributed by atoms with Crippen LogP contribution in [0.25, 0.3) is 20.8 Å². The fourth-order valence-electron chi connectivity index (χ4n) is 3.57. The Morgan fingerprint density at radius 3 is 2.68 bits per heavy atom. The van der Waals surface area contributed by atoms with Crippen LogP contribution in [-0.2, 0) is 4.74 Å². The number of imidazole rings is 1. The standard InChI is InChI=1S/C21H24BrN3O2S/c1-12-9-16(25(11-12)20(26)27-21(2,3)4)18-23-15-10-17(28-19(15)24-18)13-5-7-14(22)8-6-13/h5-8,10,12,16H,9,11H2,1-4H3,(H,23,24)/t12-,16?/m0/s1. The number of ether oxygens (including phenoxy) is 1. The van der Waals surface area contributed by atoms with Crippen LogP contribution in [0.5, 0.6) is 0 Å². The van der Waals surface area contributed by atoms with E-state index < -0.39 is 5.60 Å². The van der Waals surface area contributed by atoms with Gasteiger partial charge in [-0.25, -0.2) is 9.78 Å². The molecule has 148 valence electrons. The molecule has 3 heterocycles. The number of hydrogen-bond acceptors (Lipinski definition) is 4. The van der Waals surface area contributed by atoms with Crippen molar-refractivity contribution in [3.8, 4) is 10.4 Å². The number of fused-ring (bicyclic) bond motifs is 1. The maximum Gasteiger partial charge on any atom is 0.410 e. The number of halogens is 1. The first-order valence-corrected chi connectivity index (χ1v) is 11.1. The van der Waals surface area contributed by atoms with Crippen LogP contribution in [0.1, 0.15) is 46.0 Å². The Bertz CT molecular complexity index is 971. The van der Waals surface area contributed by atoms with Crippen molar-refractivity contribution in [2.45, 2.75) is 45.8 Å². The van der Waals surface area contributed by atoms with E-state index in [0.717, 1.165) is 27.1 Å². The molecular weight excluding hydrogens is 438 g/mol. The predicted molar refractivity (Wildman–Crippen MR) is 117 cm³/mol. The molecule has 3 aromatic rings. The average Bonchev–Trinajstić information content (AvgIpc) is 3.26. The van der Waals surface area contributed by atoms with Gasteiger partial charge in [0.2, 0.25) is 0 Å². The van der Waals surface area contributed by atoms with Crippen molar-refractivity contribution >= 4 is 43.7 Å². The third-order valence-corrected chi connectivity index (χ3v) is 6.39. The lowest BCUT2D eigenvalue weighted by Gasteiger charge is -2.27. The second-order valence-electron chi connectivity index (χ2n) is 8.45. The summed E-state index contributed by atoms with van der Waals surface area (Å²) in [5.41, 5.74) is 1.68. The van der Waals surface area contributed by atoms with Gasteiger partial charge in [-0.1, -0.05) is 35.0 Å². The van der Waals surface area contributed by atoms with Crippen LogP contribution in [0.4, 0.5) is 4.79 Å². The molecule has 1 fully saturated rings. The second-order valence-corrected chi connectivity index (χ2v) is 10.4. The van der Waals surface area contributed by atoms with Gasteiger partial charge in [-0.05, 0) is 56.9 Å². The van der Waals surface area contributed by atoms with Crippen molar-refractivity contribution in [2.75, 3.05) is 6.54 Å². The lowest BCUT2D eigenvalue weighted by molar-refractivity contribution is 0.0215. The number of benzene rings is 1. The Morgan fingerprint density at radius 2 is 2.04 bits per heavy atom. The summed E-state index contributed by atoms with van der Waals surface area (Å²) in [5.74, 6) is 1.26. The number of likely N-dealkylation sites (tertiary alicyclic amines) is 1. The van der Waals surface area contributed by atoms with Crippen LogP contribution in [0.2, 0.25) is 0 Å². The maximum atomic E-state index is 12.7. The van der Waals surface area contributed by atoms with Gasteiger partial charge in [0.1, 0.15) is 16.3 Å². The highest BCUT2D eigenvalue weighted by molar-refractivity contribution is 9.10. The van der Waals surface area contributed by atoms with Gasteiger partial charge in [-0.2, -0.15) is 0 Å². The van der Waals surface area contributed by atoms with Gasteiger partial charge in [0, 0.05) is 15.9 Å². The summed E-state index contributed by atoms with van der Waals surface area (Å²) in [6.07, 6.45) is 0.622. The van der Waals surface area contributed by atoms with Crippen LogP contribution in [0, 0.1) is 5.92 Å². The molecule has 1 aromatic carbocycles. The highest BCUT2D eigenvalue weighted by Gasteiger charge is 2.38. The number of hydrogen-bond donors (Lipinski definition) is 1. The van der Waals surface area contributed by atoms with Crippen molar-refractivity contribution in [1.82, 2.24) is 14.9 Å². The molecule has 0 saturated carbocycles. The first kappa shape index (κ1) is 19.5. The Balaban J connectivity index is 1.60. The third kappa shape index (κ3) is 3.96. The number of amides is 1. The smallest absolute Gasteiger partial charge is 0.410 e. The molecule has 1 aliphatic heterocycles. The van der Waals surface area contributed by atoms with Crippen molar-refractivity contribution in [3.63, 3.8) is 0 Å². The minimum absolute atomic E-state index is 0.0689. The summed E-state index contributed by atoms with van der Waals surface area (Å²) < 4.78 is 6.67. The Hall–Kier alpha value is -1.86. The van der Waals surface area contributed by atoms with E-state index in [1.54, 1.807) is 11.3 Å². The summed E-state index contributed by atoms with van der Waals surface area (Å²) >= 11 is 5.14. The summed E-state index contributed by atoms with van der Waals surface area (Å²) in [6.45, 7) is 8.54. The van der Waals surface area contributed by atoms with Crippen LogP contribution >= 0.6 is 27.3 Å². The minimum atomic E-state index is -0.503. The summed E-state index contributed by atoms with van der Waals surface area (Å²) in [4.78, 5) is 24.9. The molecule has 2 aromatic heterocycles. The zero-order valence-electron chi connectivity index (χ0n) is 16.5. The largest absolute Gasteiger partial charge is 0.444 e. The van der Waals surface area contributed by atoms with Crippen LogP contribution in [0.3, 0.4) is 0 Å². The fraction of sp³-hybridized carbons (Fsp3) is 0.429. The zero-order chi connectivity index (χ0) is 20.1. The minimum Gasteiger partial charge on any atom is -0.444 e. The number of nitrogens with zero attached hydrogens (tertiary/aromatic N) is 2. The van der Waals surface area contributed by atoms with Gasteiger partial charge in [-0.3, -0.25) is 4.90 Å². The van der Waals surface area contributed by atoms with Crippen LogP contribution in [-0.4, -0.2) is 33.1 Å². The molecule has 1 amide bonds. The lowest BCUT2D eigenvalue weighted by Crippen LogP contribution is -2.37. The monoisotopic (exact) mass is 461 g/mol. The Kier molecular flexibility index (Phi) is 5.00. The van der Waals surface area contributed by atoms with Crippen molar-refractivity contribution in [3.05, 3.63) is 40.6 Å². The topological polar surface area (TPSA) is 58.2 Å². The number of nitrogens with one attached hydrogen (secondary N) is 1. The predicted octanol–water partition coefficient (Wildman–Crippen LogP) is 6.37. The third-order valence-electron chi connectivity index (χ3n) is 4.78. The SMILES string of the molecule is C[C@H]1CC(c2nc3sc(-c4ccc(Br)cc4)cc3[nH]2)N(C(=O)OC(C)(C)C)C1. The molecule has 0 spiro atoms. The Labute approximate surface area is 177 Å². The van der Waals surface area contributed by atoms with E-state index in [1.165, 1.54) is 10.4 Å². The number of H-pyrrole nitrogens is 1. The highest BCUT2D eigenvalue weighted by atomic mass is 79.9. The fourth-order valence-corrected chi connectivity index (χ4v) is 4.84. The number of rotatable bonds is 2. The van der Waals surface area contributed by atoms with Gasteiger partial charge in [0.25, 0.3) is 0 Å². The summed E-state index contributed by atoms with van der Waals surface area (Å²) in [7, 11) is 0. The molecule has 7 heteroatoms. The van der Waals surface area contributed by atoms with Gasteiger partial charge in [0.05, 0.1) is 11.6 Å². The molecule has 2 atom stereocenters. The molecule has 1 N–H and O–H groups in total. The number of aromatic amines is 1. The molecule has 5 nitrogen and oxygen atoms in total. The second kappa shape index (κ2) is 7.19. The molecule has 4 rings (SSSR count). The maximum absolute atomic E-state index is 12.7. The normalized spacial score (nSPS) is 20.1. The van der Waals surface area contributed by atoms with E-state index >= 15 is 0 Å². The zero-order valence-corrected chi connectivity index (χ0v) is 18.9. The van der Waals surface area contributed by atoms with Crippen molar-refractivity contribution < 1.29 is 9.53 Å². The van der Waals surface area contributed by atoms with Gasteiger partial charge >= 0.3 is 6.09 Å². The molecule has 0 radical (unpaired) electrons. The quantitative estimate of drug-likeness (QED) is 0.481. The van der Waals surface area contributed by atoms with Gasteiger partial charge in [0.15, 0.2) is 0 Å². The average molecular weight is 462 g/mol. The first-order valence-electron chi connectivity index (χ1n) is 9.44. The van der Waals surface area contributed by atoms with Crippen LogP contribution < -0.4 is 0 Å². The Morgan fingerprint density at radius 1 is 1.32 bits per heavy atom. The van der Waals surface area contributed by atoms with Gasteiger partial charge in [-0.15, -0.1) is 11.3 Å². The highest BCUT2D eigenvalue weighted by Crippen LogP contribution is 2.38. The molecule has 1 aliphatic rings.